The van der Waals surface area contributed by atoms with Crippen molar-refractivity contribution in [2.24, 2.45) is 0 Å². The SMILES string of the molecule is CCCC[N+]1(C(=O)O)CCCC1. The lowest BCUT2D eigenvalue weighted by atomic mass is 10.3. The van der Waals surface area contributed by atoms with Gasteiger partial charge in [0.15, 0.2) is 0 Å². The number of carboxylic acid groups (broad SMARTS) is 1. The van der Waals surface area contributed by atoms with Crippen LogP contribution in [0.25, 0.3) is 0 Å². The molecule has 0 aromatic carbocycles. The Morgan fingerprint density at radius 1 is 1.42 bits per heavy atom. The number of quaternary nitrogens is 1. The number of amides is 1. The lowest BCUT2D eigenvalue weighted by Gasteiger charge is -2.27. The number of nitrogens with zero attached hydrogens (tertiary/aromatic N) is 1. The summed E-state index contributed by atoms with van der Waals surface area (Å²) in [6, 6.07) is 0. The highest BCUT2D eigenvalue weighted by Crippen LogP contribution is 2.20. The van der Waals surface area contributed by atoms with Crippen molar-refractivity contribution < 1.29 is 14.4 Å². The van der Waals surface area contributed by atoms with Crippen molar-refractivity contribution >= 4 is 6.09 Å². The first-order valence-corrected chi connectivity index (χ1v) is 4.81. The zero-order chi connectivity index (χ0) is 9.03. The molecule has 1 aliphatic rings. The van der Waals surface area contributed by atoms with Gasteiger partial charge in [0.1, 0.15) is 0 Å². The molecule has 0 aliphatic carbocycles. The van der Waals surface area contributed by atoms with Crippen molar-refractivity contribution in [2.75, 3.05) is 19.6 Å². The normalized spacial score (nSPS) is 21.1. The standard InChI is InChI=1S/C9H17NO2/c1-2-3-6-10(9(11)12)7-4-5-8-10/h2-8H2,1H3/p+1. The van der Waals surface area contributed by atoms with Gasteiger partial charge in [-0.05, 0) is 6.42 Å². The molecule has 3 heteroatoms. The van der Waals surface area contributed by atoms with Crippen LogP contribution in [0.1, 0.15) is 32.6 Å². The number of rotatable bonds is 3. The molecule has 1 rings (SSSR count). The molecule has 0 aromatic heterocycles. The minimum absolute atomic E-state index is 0.327. The Hall–Kier alpha value is -0.570. The van der Waals surface area contributed by atoms with Gasteiger partial charge in [-0.2, -0.15) is 4.79 Å². The Morgan fingerprint density at radius 2 is 2.00 bits per heavy atom. The fourth-order valence-corrected chi connectivity index (χ4v) is 1.91. The largest absolute Gasteiger partial charge is 0.513 e. The molecule has 0 radical (unpaired) electrons. The smallest absolute Gasteiger partial charge is 0.435 e. The van der Waals surface area contributed by atoms with Crippen LogP contribution in [0.5, 0.6) is 0 Å². The summed E-state index contributed by atoms with van der Waals surface area (Å²) in [5, 5.41) is 9.06. The highest BCUT2D eigenvalue weighted by Gasteiger charge is 2.39. The maximum absolute atomic E-state index is 11.0. The van der Waals surface area contributed by atoms with E-state index >= 15 is 0 Å². The Labute approximate surface area is 73.6 Å². The molecule has 1 heterocycles. The van der Waals surface area contributed by atoms with E-state index in [0.29, 0.717) is 4.48 Å². The molecule has 0 unspecified atom stereocenters. The van der Waals surface area contributed by atoms with Gasteiger partial charge >= 0.3 is 6.09 Å². The fraction of sp³-hybridized carbons (Fsp3) is 0.889. The van der Waals surface area contributed by atoms with E-state index in [1.807, 2.05) is 0 Å². The Bertz CT molecular complexity index is 162. The summed E-state index contributed by atoms with van der Waals surface area (Å²) < 4.78 is 0.327. The molecule has 0 atom stereocenters. The molecular weight excluding hydrogens is 154 g/mol. The molecule has 0 saturated carbocycles. The molecule has 1 saturated heterocycles. The second-order valence-corrected chi connectivity index (χ2v) is 3.66. The quantitative estimate of drug-likeness (QED) is 0.662. The van der Waals surface area contributed by atoms with Gasteiger partial charge in [0.05, 0.1) is 19.6 Å². The van der Waals surface area contributed by atoms with Crippen LogP contribution in [0.3, 0.4) is 0 Å². The van der Waals surface area contributed by atoms with Crippen LogP contribution in [0.15, 0.2) is 0 Å². The summed E-state index contributed by atoms with van der Waals surface area (Å²) >= 11 is 0. The minimum Gasteiger partial charge on any atom is -0.435 e. The van der Waals surface area contributed by atoms with E-state index in [-0.39, 0.29) is 0 Å². The van der Waals surface area contributed by atoms with Gasteiger partial charge in [-0.1, -0.05) is 13.3 Å². The van der Waals surface area contributed by atoms with E-state index in [2.05, 4.69) is 6.92 Å². The third-order valence-corrected chi connectivity index (χ3v) is 2.77. The molecule has 1 amide bonds. The number of hydrogen-bond acceptors (Lipinski definition) is 1. The summed E-state index contributed by atoms with van der Waals surface area (Å²) in [5.41, 5.74) is 0. The zero-order valence-corrected chi connectivity index (χ0v) is 7.75. The van der Waals surface area contributed by atoms with E-state index in [4.69, 9.17) is 5.11 Å². The van der Waals surface area contributed by atoms with Crippen molar-refractivity contribution in [2.45, 2.75) is 32.6 Å². The van der Waals surface area contributed by atoms with Crippen LogP contribution < -0.4 is 0 Å². The Morgan fingerprint density at radius 3 is 2.42 bits per heavy atom. The molecule has 0 bridgehead atoms. The first-order valence-electron chi connectivity index (χ1n) is 4.81. The van der Waals surface area contributed by atoms with Crippen LogP contribution in [0.2, 0.25) is 0 Å². The van der Waals surface area contributed by atoms with Gasteiger partial charge in [-0.3, -0.25) is 0 Å². The van der Waals surface area contributed by atoms with E-state index in [9.17, 15) is 4.79 Å². The average molecular weight is 172 g/mol. The fourth-order valence-electron chi connectivity index (χ4n) is 1.91. The number of likely N-dealkylation sites (tertiary alicyclic amines) is 1. The summed E-state index contributed by atoms with van der Waals surface area (Å²) in [7, 11) is 0. The Kier molecular flexibility index (Phi) is 3.09. The lowest BCUT2D eigenvalue weighted by Crippen LogP contribution is -2.50. The molecule has 0 spiro atoms. The third-order valence-electron chi connectivity index (χ3n) is 2.77. The van der Waals surface area contributed by atoms with Gasteiger partial charge in [0, 0.05) is 12.8 Å². The van der Waals surface area contributed by atoms with Gasteiger partial charge in [0.25, 0.3) is 0 Å². The van der Waals surface area contributed by atoms with E-state index in [1.165, 1.54) is 0 Å². The van der Waals surface area contributed by atoms with Crippen molar-refractivity contribution in [3.8, 4) is 0 Å². The zero-order valence-electron chi connectivity index (χ0n) is 7.75. The molecule has 0 aromatic rings. The number of hydrogen-bond donors (Lipinski definition) is 1. The summed E-state index contributed by atoms with van der Waals surface area (Å²) in [6.07, 6.45) is 3.66. The first-order chi connectivity index (χ1) is 5.71. The molecule has 12 heavy (non-hydrogen) atoms. The van der Waals surface area contributed by atoms with Crippen molar-refractivity contribution in [3.05, 3.63) is 0 Å². The summed E-state index contributed by atoms with van der Waals surface area (Å²) in [6.45, 7) is 4.62. The summed E-state index contributed by atoms with van der Waals surface area (Å²) in [4.78, 5) is 11.0. The van der Waals surface area contributed by atoms with Gasteiger partial charge in [0.2, 0.25) is 0 Å². The van der Waals surface area contributed by atoms with Gasteiger partial charge < -0.3 is 5.11 Å². The van der Waals surface area contributed by atoms with Crippen molar-refractivity contribution in [1.29, 1.82) is 0 Å². The second kappa shape index (κ2) is 3.90. The van der Waals surface area contributed by atoms with Gasteiger partial charge in [-0.15, -0.1) is 0 Å². The van der Waals surface area contributed by atoms with Crippen molar-refractivity contribution in [1.82, 2.24) is 0 Å². The van der Waals surface area contributed by atoms with Crippen LogP contribution in [-0.2, 0) is 0 Å². The highest BCUT2D eigenvalue weighted by atomic mass is 16.4. The molecule has 1 aliphatic heterocycles. The van der Waals surface area contributed by atoms with Crippen LogP contribution in [0, 0.1) is 0 Å². The second-order valence-electron chi connectivity index (χ2n) is 3.66. The Balaban J connectivity index is 2.53. The predicted molar refractivity (Wildman–Crippen MR) is 47.0 cm³/mol. The third kappa shape index (κ3) is 1.78. The van der Waals surface area contributed by atoms with Crippen LogP contribution >= 0.6 is 0 Å². The molecular formula is C9H18NO2+. The minimum atomic E-state index is -0.624. The topological polar surface area (TPSA) is 37.3 Å². The first kappa shape index (κ1) is 9.52. The maximum Gasteiger partial charge on any atom is 0.513 e. The van der Waals surface area contributed by atoms with Crippen LogP contribution in [0.4, 0.5) is 4.79 Å². The van der Waals surface area contributed by atoms with E-state index in [0.717, 1.165) is 45.3 Å². The number of unbranched alkanes of at least 4 members (excludes halogenated alkanes) is 1. The molecule has 70 valence electrons. The van der Waals surface area contributed by atoms with E-state index < -0.39 is 6.09 Å². The van der Waals surface area contributed by atoms with Crippen molar-refractivity contribution in [3.63, 3.8) is 0 Å². The van der Waals surface area contributed by atoms with Crippen LogP contribution in [-0.4, -0.2) is 35.3 Å². The molecule has 1 fully saturated rings. The monoisotopic (exact) mass is 172 g/mol. The number of carbonyl (C=O) groups is 1. The maximum atomic E-state index is 11.0. The highest BCUT2D eigenvalue weighted by molar-refractivity contribution is 5.56. The van der Waals surface area contributed by atoms with E-state index in [1.54, 1.807) is 0 Å². The molecule has 1 N–H and O–H groups in total. The lowest BCUT2D eigenvalue weighted by molar-refractivity contribution is -0.845. The summed E-state index contributed by atoms with van der Waals surface area (Å²) in [5.74, 6) is 0. The van der Waals surface area contributed by atoms with Gasteiger partial charge in [-0.25, -0.2) is 4.48 Å². The average Bonchev–Trinajstić information content (AvgIpc) is 2.50. The predicted octanol–water partition coefficient (Wildman–Crippen LogP) is 2.08. The molecule has 3 nitrogen and oxygen atoms in total.